The number of hydrogen-bond acceptors (Lipinski definition) is 7. The van der Waals surface area contributed by atoms with Crippen LogP contribution in [0.4, 0.5) is 15.2 Å². The summed E-state index contributed by atoms with van der Waals surface area (Å²) in [6.45, 7) is 0.717. The standard InChI is InChI=1S/C21H20FN5O4S2/c22-17-6-1-2-7-18(17)26-33(30,31)16-5-3-4-15(12-16)20(29)27-10-8-14(9-11-27)19(28)24-21-25-23-13-32-21/h1-7,12-14,26H,8-11H2,(H,24,25,28). The van der Waals surface area contributed by atoms with Crippen molar-refractivity contribution >= 4 is 44.0 Å². The number of halogens is 1. The topological polar surface area (TPSA) is 121 Å². The number of anilines is 2. The fourth-order valence-corrected chi connectivity index (χ4v) is 5.07. The van der Waals surface area contributed by atoms with E-state index in [1.54, 1.807) is 4.90 Å². The van der Waals surface area contributed by atoms with Crippen molar-refractivity contribution in [2.75, 3.05) is 23.1 Å². The van der Waals surface area contributed by atoms with E-state index in [1.807, 2.05) is 0 Å². The summed E-state index contributed by atoms with van der Waals surface area (Å²) in [5.41, 5.74) is 1.54. The number of piperidine rings is 1. The summed E-state index contributed by atoms with van der Waals surface area (Å²) in [6.07, 6.45) is 0.951. The maximum Gasteiger partial charge on any atom is 0.262 e. The molecule has 1 aliphatic heterocycles. The molecule has 1 aromatic heterocycles. The van der Waals surface area contributed by atoms with Crippen molar-refractivity contribution in [1.82, 2.24) is 15.1 Å². The Morgan fingerprint density at radius 3 is 2.55 bits per heavy atom. The number of rotatable bonds is 6. The summed E-state index contributed by atoms with van der Waals surface area (Å²) in [4.78, 5) is 26.8. The van der Waals surface area contributed by atoms with Gasteiger partial charge in [-0.2, -0.15) is 0 Å². The Bertz CT molecular complexity index is 1260. The molecule has 0 radical (unpaired) electrons. The van der Waals surface area contributed by atoms with Crippen LogP contribution in [0.15, 0.2) is 58.9 Å². The number of hydrogen-bond donors (Lipinski definition) is 2. The first-order chi connectivity index (χ1) is 15.8. The smallest absolute Gasteiger partial charge is 0.262 e. The third-order valence-electron chi connectivity index (χ3n) is 5.25. The van der Waals surface area contributed by atoms with Crippen molar-refractivity contribution in [3.8, 4) is 0 Å². The van der Waals surface area contributed by atoms with Gasteiger partial charge in [0, 0.05) is 24.6 Å². The molecule has 1 saturated heterocycles. The number of nitrogens with zero attached hydrogens (tertiary/aromatic N) is 3. The highest BCUT2D eigenvalue weighted by Crippen LogP contribution is 2.23. The summed E-state index contributed by atoms with van der Waals surface area (Å²) >= 11 is 1.23. The predicted octanol–water partition coefficient (Wildman–Crippen LogP) is 2.97. The lowest BCUT2D eigenvalue weighted by Crippen LogP contribution is -2.41. The van der Waals surface area contributed by atoms with Crippen molar-refractivity contribution in [2.24, 2.45) is 5.92 Å². The van der Waals surface area contributed by atoms with Crippen LogP contribution in [0.2, 0.25) is 0 Å². The largest absolute Gasteiger partial charge is 0.339 e. The highest BCUT2D eigenvalue weighted by molar-refractivity contribution is 7.92. The van der Waals surface area contributed by atoms with Crippen LogP contribution in [0.5, 0.6) is 0 Å². The van der Waals surface area contributed by atoms with Crippen molar-refractivity contribution in [2.45, 2.75) is 17.7 Å². The third kappa shape index (κ3) is 5.34. The molecule has 0 saturated carbocycles. The zero-order chi connectivity index (χ0) is 23.4. The molecule has 9 nitrogen and oxygen atoms in total. The van der Waals surface area contributed by atoms with E-state index in [9.17, 15) is 22.4 Å². The Morgan fingerprint density at radius 2 is 1.85 bits per heavy atom. The molecule has 0 spiro atoms. The van der Waals surface area contributed by atoms with Crippen LogP contribution < -0.4 is 10.0 Å². The van der Waals surface area contributed by atoms with Gasteiger partial charge in [0.2, 0.25) is 11.0 Å². The van der Waals surface area contributed by atoms with E-state index in [4.69, 9.17) is 0 Å². The van der Waals surface area contributed by atoms with Gasteiger partial charge in [-0.1, -0.05) is 29.5 Å². The number of nitrogens with one attached hydrogen (secondary N) is 2. The molecule has 0 bridgehead atoms. The fourth-order valence-electron chi connectivity index (χ4n) is 3.51. The molecule has 2 N–H and O–H groups in total. The number of para-hydroxylation sites is 1. The minimum absolute atomic E-state index is 0.150. The van der Waals surface area contributed by atoms with Gasteiger partial charge in [-0.15, -0.1) is 10.2 Å². The van der Waals surface area contributed by atoms with Crippen LogP contribution in [0.1, 0.15) is 23.2 Å². The molecule has 33 heavy (non-hydrogen) atoms. The zero-order valence-electron chi connectivity index (χ0n) is 17.3. The molecule has 0 aliphatic carbocycles. The molecule has 1 aliphatic rings. The number of sulfonamides is 1. The van der Waals surface area contributed by atoms with E-state index in [1.165, 1.54) is 59.3 Å². The number of likely N-dealkylation sites (tertiary alicyclic amines) is 1. The fraction of sp³-hybridized carbons (Fsp3) is 0.238. The molecule has 2 aromatic carbocycles. The van der Waals surface area contributed by atoms with Gasteiger partial charge in [0.15, 0.2) is 0 Å². The molecule has 2 heterocycles. The van der Waals surface area contributed by atoms with Gasteiger partial charge in [-0.3, -0.25) is 14.3 Å². The van der Waals surface area contributed by atoms with Gasteiger partial charge in [-0.25, -0.2) is 12.8 Å². The van der Waals surface area contributed by atoms with Crippen molar-refractivity contribution < 1.29 is 22.4 Å². The van der Waals surface area contributed by atoms with Crippen LogP contribution in [0, 0.1) is 11.7 Å². The lowest BCUT2D eigenvalue weighted by molar-refractivity contribution is -0.121. The summed E-state index contributed by atoms with van der Waals surface area (Å²) in [7, 11) is -4.09. The van der Waals surface area contributed by atoms with E-state index < -0.39 is 15.8 Å². The summed E-state index contributed by atoms with van der Waals surface area (Å²) < 4.78 is 41.5. The average molecular weight is 490 g/mol. The SMILES string of the molecule is O=C(Nc1nncs1)C1CCN(C(=O)c2cccc(S(=O)(=O)Nc3ccccc3F)c2)CC1. The van der Waals surface area contributed by atoms with E-state index >= 15 is 0 Å². The predicted molar refractivity (Wildman–Crippen MR) is 121 cm³/mol. The maximum absolute atomic E-state index is 13.9. The minimum atomic E-state index is -4.09. The molecule has 2 amide bonds. The Kier molecular flexibility index (Phi) is 6.65. The quantitative estimate of drug-likeness (QED) is 0.549. The van der Waals surface area contributed by atoms with Crippen molar-refractivity contribution in [3.63, 3.8) is 0 Å². The van der Waals surface area contributed by atoms with Crippen molar-refractivity contribution in [1.29, 1.82) is 0 Å². The lowest BCUT2D eigenvalue weighted by atomic mass is 9.95. The van der Waals surface area contributed by atoms with Crippen LogP contribution in [0.25, 0.3) is 0 Å². The second kappa shape index (κ2) is 9.63. The molecular weight excluding hydrogens is 469 g/mol. The molecule has 0 unspecified atom stereocenters. The summed E-state index contributed by atoms with van der Waals surface area (Å²) in [6, 6.07) is 11.0. The second-order valence-corrected chi connectivity index (χ2v) is 9.93. The highest BCUT2D eigenvalue weighted by atomic mass is 32.2. The van der Waals surface area contributed by atoms with E-state index in [0.29, 0.717) is 31.1 Å². The highest BCUT2D eigenvalue weighted by Gasteiger charge is 2.29. The van der Waals surface area contributed by atoms with Gasteiger partial charge in [0.1, 0.15) is 11.3 Å². The molecule has 172 valence electrons. The minimum Gasteiger partial charge on any atom is -0.339 e. The summed E-state index contributed by atoms with van der Waals surface area (Å²) in [5.74, 6) is -1.45. The van der Waals surface area contributed by atoms with Crippen LogP contribution >= 0.6 is 11.3 Å². The van der Waals surface area contributed by atoms with Crippen LogP contribution in [0.3, 0.4) is 0 Å². The van der Waals surface area contributed by atoms with Gasteiger partial charge >= 0.3 is 0 Å². The Labute approximate surface area is 193 Å². The van der Waals surface area contributed by atoms with Gasteiger partial charge in [0.25, 0.3) is 15.9 Å². The van der Waals surface area contributed by atoms with E-state index in [-0.39, 0.29) is 33.9 Å². The van der Waals surface area contributed by atoms with E-state index in [2.05, 4.69) is 20.2 Å². The third-order valence-corrected chi connectivity index (χ3v) is 7.22. The van der Waals surface area contributed by atoms with Gasteiger partial charge < -0.3 is 10.2 Å². The molecule has 0 atom stereocenters. The molecule has 3 aromatic rings. The first-order valence-corrected chi connectivity index (χ1v) is 12.4. The maximum atomic E-state index is 13.9. The first-order valence-electron chi connectivity index (χ1n) is 10.1. The summed E-state index contributed by atoms with van der Waals surface area (Å²) in [5, 5.41) is 10.6. The Balaban J connectivity index is 1.41. The van der Waals surface area contributed by atoms with Crippen LogP contribution in [-0.2, 0) is 14.8 Å². The molecule has 4 rings (SSSR count). The first kappa shape index (κ1) is 22.8. The number of amides is 2. The number of aromatic nitrogens is 2. The monoisotopic (exact) mass is 489 g/mol. The lowest BCUT2D eigenvalue weighted by Gasteiger charge is -2.31. The molecule has 1 fully saturated rings. The normalized spacial score (nSPS) is 14.6. The number of carbonyl (C=O) groups excluding carboxylic acids is 2. The van der Waals surface area contributed by atoms with Gasteiger partial charge in [0.05, 0.1) is 10.6 Å². The van der Waals surface area contributed by atoms with Crippen molar-refractivity contribution in [3.05, 3.63) is 65.4 Å². The van der Waals surface area contributed by atoms with E-state index in [0.717, 1.165) is 6.07 Å². The number of carbonyl (C=O) groups is 2. The molecule has 12 heteroatoms. The van der Waals surface area contributed by atoms with Crippen LogP contribution in [-0.4, -0.2) is 48.4 Å². The Morgan fingerprint density at radius 1 is 1.09 bits per heavy atom. The second-order valence-electron chi connectivity index (χ2n) is 7.41. The van der Waals surface area contributed by atoms with Gasteiger partial charge in [-0.05, 0) is 43.2 Å². The Hall–Kier alpha value is -3.38. The average Bonchev–Trinajstić information content (AvgIpc) is 3.33. The zero-order valence-corrected chi connectivity index (χ0v) is 18.9. The number of benzene rings is 2. The molecular formula is C21H20FN5O4S2.